The molecule has 1 atom stereocenters. The van der Waals surface area contributed by atoms with E-state index in [-0.39, 0.29) is 29.3 Å². The van der Waals surface area contributed by atoms with Crippen molar-refractivity contribution in [3.8, 4) is 5.75 Å². The number of benzene rings is 1. The van der Waals surface area contributed by atoms with Crippen molar-refractivity contribution < 1.29 is 19.2 Å². The van der Waals surface area contributed by atoms with Crippen LogP contribution >= 0.6 is 22.9 Å². The summed E-state index contributed by atoms with van der Waals surface area (Å²) in [5, 5.41) is 13.7. The molecule has 1 aromatic heterocycles. The predicted molar refractivity (Wildman–Crippen MR) is 110 cm³/mol. The van der Waals surface area contributed by atoms with Gasteiger partial charge in [-0.25, -0.2) is 4.79 Å². The third kappa shape index (κ3) is 5.45. The van der Waals surface area contributed by atoms with Crippen LogP contribution in [0.2, 0.25) is 4.34 Å². The third-order valence-electron chi connectivity index (χ3n) is 4.91. The number of carbonyl (C=O) groups excluding carboxylic acids is 2. The highest BCUT2D eigenvalue weighted by Crippen LogP contribution is 2.25. The number of rotatable bonds is 5. The first-order chi connectivity index (χ1) is 13.8. The lowest BCUT2D eigenvalue weighted by Gasteiger charge is -2.34. The molecule has 1 aliphatic heterocycles. The highest BCUT2D eigenvalue weighted by atomic mass is 35.5. The number of piperidine rings is 1. The molecule has 1 fully saturated rings. The molecule has 0 saturated carbocycles. The van der Waals surface area contributed by atoms with Crippen molar-refractivity contribution in [1.29, 1.82) is 0 Å². The molecule has 29 heavy (non-hydrogen) atoms. The zero-order valence-electron chi connectivity index (χ0n) is 15.7. The molecule has 0 radical (unpaired) electrons. The van der Waals surface area contributed by atoms with Crippen molar-refractivity contribution in [2.24, 2.45) is 5.92 Å². The monoisotopic (exact) mass is 437 g/mol. The van der Waals surface area contributed by atoms with Crippen LogP contribution in [0.4, 0.5) is 10.5 Å². The zero-order valence-corrected chi connectivity index (χ0v) is 17.2. The SMILES string of the molecule is CC(NC(=O)c1ccc(Cl)s1)C1CCN(C(=O)Oc2ccc([N+](=O)[O-])cc2)CC1. The molecule has 10 heteroatoms. The summed E-state index contributed by atoms with van der Waals surface area (Å²) in [5.74, 6) is 0.366. The van der Waals surface area contributed by atoms with Gasteiger partial charge in [-0.1, -0.05) is 11.6 Å². The number of hydrogen-bond donors (Lipinski definition) is 1. The van der Waals surface area contributed by atoms with Gasteiger partial charge in [-0.3, -0.25) is 14.9 Å². The number of nitro benzene ring substituents is 1. The van der Waals surface area contributed by atoms with E-state index in [9.17, 15) is 19.7 Å². The molecular formula is C19H20ClN3O5S. The summed E-state index contributed by atoms with van der Waals surface area (Å²) in [7, 11) is 0. The van der Waals surface area contributed by atoms with Gasteiger partial charge in [0.15, 0.2) is 0 Å². The lowest BCUT2D eigenvalue weighted by Crippen LogP contribution is -2.46. The van der Waals surface area contributed by atoms with E-state index in [1.165, 1.54) is 35.6 Å². The summed E-state index contributed by atoms with van der Waals surface area (Å²) in [6.07, 6.45) is 0.992. The number of nitrogens with zero attached hydrogens (tertiary/aromatic N) is 2. The number of amides is 2. The summed E-state index contributed by atoms with van der Waals surface area (Å²) in [6.45, 7) is 2.99. The van der Waals surface area contributed by atoms with Crippen molar-refractivity contribution in [2.75, 3.05) is 13.1 Å². The fourth-order valence-corrected chi connectivity index (χ4v) is 4.16. The Hall–Kier alpha value is -2.65. The van der Waals surface area contributed by atoms with Gasteiger partial charge in [-0.05, 0) is 49.9 Å². The van der Waals surface area contributed by atoms with Crippen molar-refractivity contribution >= 4 is 40.6 Å². The summed E-state index contributed by atoms with van der Waals surface area (Å²) in [5.41, 5.74) is -0.0635. The minimum Gasteiger partial charge on any atom is -0.410 e. The van der Waals surface area contributed by atoms with E-state index >= 15 is 0 Å². The zero-order chi connectivity index (χ0) is 21.0. The van der Waals surface area contributed by atoms with Crippen LogP contribution < -0.4 is 10.1 Å². The van der Waals surface area contributed by atoms with Gasteiger partial charge in [-0.2, -0.15) is 0 Å². The number of likely N-dealkylation sites (tertiary alicyclic amines) is 1. The van der Waals surface area contributed by atoms with Crippen molar-refractivity contribution in [1.82, 2.24) is 10.2 Å². The summed E-state index contributed by atoms with van der Waals surface area (Å²) in [4.78, 5) is 36.9. The molecule has 154 valence electrons. The Morgan fingerprint density at radius 2 is 1.90 bits per heavy atom. The minimum atomic E-state index is -0.511. The van der Waals surface area contributed by atoms with Gasteiger partial charge in [0.25, 0.3) is 11.6 Å². The fourth-order valence-electron chi connectivity index (χ4n) is 3.22. The van der Waals surface area contributed by atoms with Gasteiger partial charge >= 0.3 is 6.09 Å². The van der Waals surface area contributed by atoms with Crippen molar-refractivity contribution in [3.05, 3.63) is 55.7 Å². The van der Waals surface area contributed by atoms with Crippen LogP contribution in [0, 0.1) is 16.0 Å². The largest absolute Gasteiger partial charge is 0.415 e. The normalized spacial score (nSPS) is 15.6. The molecule has 1 unspecified atom stereocenters. The van der Waals surface area contributed by atoms with Crippen LogP contribution in [0.15, 0.2) is 36.4 Å². The Balaban J connectivity index is 1.47. The number of thiophene rings is 1. The number of nitrogens with one attached hydrogen (secondary N) is 1. The Bertz CT molecular complexity index is 894. The Labute approximate surface area is 176 Å². The number of carbonyl (C=O) groups is 2. The van der Waals surface area contributed by atoms with E-state index in [4.69, 9.17) is 16.3 Å². The average Bonchev–Trinajstić information content (AvgIpc) is 3.15. The van der Waals surface area contributed by atoms with Crippen molar-refractivity contribution in [3.63, 3.8) is 0 Å². The molecule has 8 nitrogen and oxygen atoms in total. The molecule has 1 N–H and O–H groups in total. The summed E-state index contributed by atoms with van der Waals surface area (Å²) >= 11 is 7.11. The van der Waals surface area contributed by atoms with Gasteiger partial charge in [-0.15, -0.1) is 11.3 Å². The van der Waals surface area contributed by atoms with Crippen LogP contribution in [0.1, 0.15) is 29.4 Å². The van der Waals surface area contributed by atoms with Crippen LogP contribution in [-0.2, 0) is 0 Å². The quantitative estimate of drug-likeness (QED) is 0.553. The van der Waals surface area contributed by atoms with Crippen LogP contribution in [0.25, 0.3) is 0 Å². The molecule has 0 aliphatic carbocycles. The topological polar surface area (TPSA) is 102 Å². The first-order valence-corrected chi connectivity index (χ1v) is 10.3. The van der Waals surface area contributed by atoms with E-state index < -0.39 is 11.0 Å². The Morgan fingerprint density at radius 3 is 2.45 bits per heavy atom. The summed E-state index contributed by atoms with van der Waals surface area (Å²) in [6, 6.07) is 8.75. The second kappa shape index (κ2) is 9.23. The molecule has 2 heterocycles. The van der Waals surface area contributed by atoms with Crippen LogP contribution in [0.5, 0.6) is 5.75 Å². The maximum absolute atomic E-state index is 12.3. The number of ether oxygens (including phenoxy) is 1. The minimum absolute atomic E-state index is 0.0313. The van der Waals surface area contributed by atoms with Gasteiger partial charge in [0.1, 0.15) is 5.75 Å². The van der Waals surface area contributed by atoms with E-state index in [0.29, 0.717) is 22.3 Å². The number of nitro groups is 1. The molecular weight excluding hydrogens is 418 g/mol. The van der Waals surface area contributed by atoms with Gasteiger partial charge in [0.2, 0.25) is 0 Å². The van der Waals surface area contributed by atoms with Crippen molar-refractivity contribution in [2.45, 2.75) is 25.8 Å². The molecule has 1 aromatic carbocycles. The summed E-state index contributed by atoms with van der Waals surface area (Å²) < 4.78 is 5.86. The number of halogens is 1. The smallest absolute Gasteiger partial charge is 0.410 e. The molecule has 3 rings (SSSR count). The second-order valence-corrected chi connectivity index (χ2v) is 8.52. The molecule has 1 aliphatic rings. The molecule has 2 amide bonds. The number of non-ortho nitro benzene ring substituents is 1. The fraction of sp³-hybridized carbons (Fsp3) is 0.368. The van der Waals surface area contributed by atoms with E-state index in [1.54, 1.807) is 17.0 Å². The van der Waals surface area contributed by atoms with Crippen LogP contribution in [0.3, 0.4) is 0 Å². The highest BCUT2D eigenvalue weighted by Gasteiger charge is 2.28. The highest BCUT2D eigenvalue weighted by molar-refractivity contribution is 7.18. The average molecular weight is 438 g/mol. The second-order valence-electron chi connectivity index (χ2n) is 6.81. The third-order valence-corrected chi connectivity index (χ3v) is 6.14. The standard InChI is InChI=1S/C19H20ClN3O5S/c1-12(21-18(24)16-6-7-17(20)29-16)13-8-10-22(11-9-13)19(25)28-15-4-2-14(3-5-15)23(26)27/h2-7,12-13H,8-11H2,1H3,(H,21,24). The van der Waals surface area contributed by atoms with Crippen LogP contribution in [-0.4, -0.2) is 41.0 Å². The van der Waals surface area contributed by atoms with Gasteiger partial charge < -0.3 is 15.0 Å². The molecule has 1 saturated heterocycles. The van der Waals surface area contributed by atoms with E-state index in [1.807, 2.05) is 6.92 Å². The van der Waals surface area contributed by atoms with Gasteiger partial charge in [0, 0.05) is 31.3 Å². The molecule has 2 aromatic rings. The predicted octanol–water partition coefficient (Wildman–Crippen LogP) is 4.34. The van der Waals surface area contributed by atoms with E-state index in [0.717, 1.165) is 12.8 Å². The molecule has 0 bridgehead atoms. The van der Waals surface area contributed by atoms with E-state index in [2.05, 4.69) is 5.32 Å². The lowest BCUT2D eigenvalue weighted by atomic mass is 9.90. The maximum atomic E-state index is 12.3. The maximum Gasteiger partial charge on any atom is 0.415 e. The Kier molecular flexibility index (Phi) is 6.71. The first kappa shape index (κ1) is 21.1. The number of hydrogen-bond acceptors (Lipinski definition) is 6. The first-order valence-electron chi connectivity index (χ1n) is 9.11. The molecule has 0 spiro atoms. The lowest BCUT2D eigenvalue weighted by molar-refractivity contribution is -0.384. The Morgan fingerprint density at radius 1 is 1.24 bits per heavy atom. The van der Waals surface area contributed by atoms with Gasteiger partial charge in [0.05, 0.1) is 14.1 Å².